The number of rotatable bonds is 8. The fraction of sp³-hybridized carbons (Fsp3) is 0.435. The number of nitrogens with one attached hydrogen (secondary N) is 3. The van der Waals surface area contributed by atoms with Gasteiger partial charge in [0.15, 0.2) is 0 Å². The summed E-state index contributed by atoms with van der Waals surface area (Å²) < 4.78 is 6.07. The Labute approximate surface area is 177 Å². The summed E-state index contributed by atoms with van der Waals surface area (Å²) in [7, 11) is 0. The second-order valence-electron chi connectivity index (χ2n) is 7.65. The van der Waals surface area contributed by atoms with Crippen LogP contribution in [-0.4, -0.2) is 29.6 Å². The monoisotopic (exact) mass is 410 g/mol. The minimum Gasteiger partial charge on any atom is -0.490 e. The molecule has 3 amide bonds. The fourth-order valence-electron chi connectivity index (χ4n) is 3.39. The second kappa shape index (κ2) is 11.2. The van der Waals surface area contributed by atoms with Crippen LogP contribution >= 0.6 is 0 Å². The molecule has 7 nitrogen and oxygen atoms in total. The van der Waals surface area contributed by atoms with Crippen LogP contribution in [0.2, 0.25) is 0 Å². The Hall–Kier alpha value is -3.09. The van der Waals surface area contributed by atoms with E-state index in [2.05, 4.69) is 20.9 Å². The molecule has 7 heteroatoms. The van der Waals surface area contributed by atoms with Crippen molar-refractivity contribution in [2.24, 2.45) is 0 Å². The van der Waals surface area contributed by atoms with Crippen LogP contribution in [0, 0.1) is 6.92 Å². The summed E-state index contributed by atoms with van der Waals surface area (Å²) in [6.07, 6.45) is 8.13. The number of urea groups is 1. The van der Waals surface area contributed by atoms with Gasteiger partial charge in [-0.05, 0) is 61.9 Å². The van der Waals surface area contributed by atoms with Crippen LogP contribution in [0.3, 0.4) is 0 Å². The number of ether oxygens (including phenoxy) is 1. The molecule has 1 aliphatic rings. The standard InChI is InChI=1S/C23H30N4O3/c1-17-10-11-21(25-15-17)27-22(28)12-13-24-23(29)26-16-18-6-5-9-20(14-18)30-19-7-3-2-4-8-19/h5-6,9-11,14-15,19H,2-4,7-8,12-13,16H2,1H3,(H2,24,26,29)(H,25,27,28). The zero-order valence-electron chi connectivity index (χ0n) is 17.4. The maximum Gasteiger partial charge on any atom is 0.315 e. The number of nitrogens with zero attached hydrogens (tertiary/aromatic N) is 1. The van der Waals surface area contributed by atoms with Gasteiger partial charge >= 0.3 is 6.03 Å². The minimum absolute atomic E-state index is 0.174. The number of carbonyl (C=O) groups is 2. The molecule has 0 radical (unpaired) electrons. The molecule has 0 unspecified atom stereocenters. The highest BCUT2D eigenvalue weighted by Crippen LogP contribution is 2.23. The summed E-state index contributed by atoms with van der Waals surface area (Å²) in [6, 6.07) is 11.1. The lowest BCUT2D eigenvalue weighted by Crippen LogP contribution is -2.36. The van der Waals surface area contributed by atoms with E-state index in [4.69, 9.17) is 4.74 Å². The average molecular weight is 411 g/mol. The predicted molar refractivity (Wildman–Crippen MR) is 116 cm³/mol. The molecule has 0 aliphatic heterocycles. The number of carbonyl (C=O) groups excluding carboxylic acids is 2. The van der Waals surface area contributed by atoms with Crippen molar-refractivity contribution in [1.82, 2.24) is 15.6 Å². The van der Waals surface area contributed by atoms with Crippen molar-refractivity contribution in [1.29, 1.82) is 0 Å². The first-order chi connectivity index (χ1) is 14.6. The van der Waals surface area contributed by atoms with Crippen LogP contribution in [0.4, 0.5) is 10.6 Å². The zero-order valence-corrected chi connectivity index (χ0v) is 17.4. The summed E-state index contributed by atoms with van der Waals surface area (Å²) >= 11 is 0. The topological polar surface area (TPSA) is 92.4 Å². The van der Waals surface area contributed by atoms with Crippen LogP contribution in [0.15, 0.2) is 42.6 Å². The normalized spacial score (nSPS) is 14.0. The number of aromatic nitrogens is 1. The molecule has 1 heterocycles. The Morgan fingerprint density at radius 1 is 1.10 bits per heavy atom. The molecule has 0 saturated heterocycles. The van der Waals surface area contributed by atoms with E-state index in [1.54, 1.807) is 12.3 Å². The quantitative estimate of drug-likeness (QED) is 0.615. The maximum atomic E-state index is 12.0. The molecular formula is C23H30N4O3. The number of anilines is 1. The zero-order chi connectivity index (χ0) is 21.2. The third-order valence-corrected chi connectivity index (χ3v) is 5.02. The highest BCUT2D eigenvalue weighted by Gasteiger charge is 2.15. The van der Waals surface area contributed by atoms with Crippen molar-refractivity contribution >= 4 is 17.8 Å². The Morgan fingerprint density at radius 3 is 2.70 bits per heavy atom. The van der Waals surface area contributed by atoms with E-state index < -0.39 is 0 Å². The van der Waals surface area contributed by atoms with E-state index in [-0.39, 0.29) is 24.9 Å². The van der Waals surface area contributed by atoms with Crippen LogP contribution in [0.5, 0.6) is 5.75 Å². The number of amides is 3. The molecule has 3 N–H and O–H groups in total. The van der Waals surface area contributed by atoms with Gasteiger partial charge in [-0.3, -0.25) is 4.79 Å². The van der Waals surface area contributed by atoms with E-state index in [0.29, 0.717) is 18.5 Å². The van der Waals surface area contributed by atoms with Gasteiger partial charge in [-0.15, -0.1) is 0 Å². The van der Waals surface area contributed by atoms with Crippen molar-refractivity contribution < 1.29 is 14.3 Å². The lowest BCUT2D eigenvalue weighted by molar-refractivity contribution is -0.116. The van der Waals surface area contributed by atoms with Crippen molar-refractivity contribution in [2.75, 3.05) is 11.9 Å². The molecule has 1 aliphatic carbocycles. The molecular weight excluding hydrogens is 380 g/mol. The van der Waals surface area contributed by atoms with Crippen molar-refractivity contribution in [3.05, 3.63) is 53.7 Å². The summed E-state index contributed by atoms with van der Waals surface area (Å²) in [5.74, 6) is 1.16. The molecule has 30 heavy (non-hydrogen) atoms. The highest BCUT2D eigenvalue weighted by atomic mass is 16.5. The van der Waals surface area contributed by atoms with Gasteiger partial charge in [0, 0.05) is 25.7 Å². The van der Waals surface area contributed by atoms with Gasteiger partial charge < -0.3 is 20.7 Å². The average Bonchev–Trinajstić information content (AvgIpc) is 2.75. The molecule has 1 aromatic heterocycles. The molecule has 1 saturated carbocycles. The first-order valence-electron chi connectivity index (χ1n) is 10.6. The summed E-state index contributed by atoms with van der Waals surface area (Å²) in [5.41, 5.74) is 2.00. The smallest absolute Gasteiger partial charge is 0.315 e. The SMILES string of the molecule is Cc1ccc(NC(=O)CCNC(=O)NCc2cccc(OC3CCCCC3)c2)nc1. The van der Waals surface area contributed by atoms with Crippen LogP contribution in [0.25, 0.3) is 0 Å². The van der Waals surface area contributed by atoms with Gasteiger partial charge in [0.05, 0.1) is 6.10 Å². The predicted octanol–water partition coefficient (Wildman–Crippen LogP) is 3.93. The highest BCUT2D eigenvalue weighted by molar-refractivity contribution is 5.90. The lowest BCUT2D eigenvalue weighted by atomic mass is 9.98. The van der Waals surface area contributed by atoms with Gasteiger partial charge in [0.25, 0.3) is 0 Å². The molecule has 3 rings (SSSR count). The second-order valence-corrected chi connectivity index (χ2v) is 7.65. The van der Waals surface area contributed by atoms with Gasteiger partial charge in [-0.2, -0.15) is 0 Å². The number of pyridine rings is 1. The third kappa shape index (κ3) is 7.39. The molecule has 160 valence electrons. The van der Waals surface area contributed by atoms with E-state index in [9.17, 15) is 9.59 Å². The largest absolute Gasteiger partial charge is 0.490 e. The summed E-state index contributed by atoms with van der Waals surface area (Å²) in [4.78, 5) is 28.0. The summed E-state index contributed by atoms with van der Waals surface area (Å²) in [5, 5.41) is 8.21. The Morgan fingerprint density at radius 2 is 1.93 bits per heavy atom. The van der Waals surface area contributed by atoms with Crippen LogP contribution in [0.1, 0.15) is 49.7 Å². The maximum absolute atomic E-state index is 12.0. The molecule has 1 aromatic carbocycles. The van der Waals surface area contributed by atoms with Crippen LogP contribution < -0.4 is 20.7 Å². The Kier molecular flexibility index (Phi) is 8.06. The first kappa shape index (κ1) is 21.6. The first-order valence-corrected chi connectivity index (χ1v) is 10.6. The number of hydrogen-bond donors (Lipinski definition) is 3. The van der Waals surface area contributed by atoms with Gasteiger partial charge in [-0.25, -0.2) is 9.78 Å². The Balaban J connectivity index is 1.34. The Bertz CT molecular complexity index is 833. The van der Waals surface area contributed by atoms with Crippen molar-refractivity contribution in [3.8, 4) is 5.75 Å². The molecule has 0 atom stereocenters. The minimum atomic E-state index is -0.310. The van der Waals surface area contributed by atoms with Gasteiger partial charge in [-0.1, -0.05) is 24.6 Å². The fourth-order valence-corrected chi connectivity index (χ4v) is 3.39. The number of aryl methyl sites for hydroxylation is 1. The van der Waals surface area contributed by atoms with E-state index in [1.807, 2.05) is 37.3 Å². The number of benzene rings is 1. The molecule has 0 spiro atoms. The lowest BCUT2D eigenvalue weighted by Gasteiger charge is -2.23. The molecule has 0 bridgehead atoms. The third-order valence-electron chi connectivity index (χ3n) is 5.02. The van der Waals surface area contributed by atoms with E-state index in [0.717, 1.165) is 29.7 Å². The van der Waals surface area contributed by atoms with Crippen molar-refractivity contribution in [2.45, 2.75) is 58.1 Å². The van der Waals surface area contributed by atoms with Crippen LogP contribution in [-0.2, 0) is 11.3 Å². The van der Waals surface area contributed by atoms with Gasteiger partial charge in [0.2, 0.25) is 5.91 Å². The van der Waals surface area contributed by atoms with Crippen molar-refractivity contribution in [3.63, 3.8) is 0 Å². The van der Waals surface area contributed by atoms with Gasteiger partial charge in [0.1, 0.15) is 11.6 Å². The summed E-state index contributed by atoms with van der Waals surface area (Å²) in [6.45, 7) is 2.57. The molecule has 1 fully saturated rings. The molecule has 2 aromatic rings. The number of hydrogen-bond acceptors (Lipinski definition) is 4. The van der Waals surface area contributed by atoms with E-state index in [1.165, 1.54) is 19.3 Å². The van der Waals surface area contributed by atoms with E-state index >= 15 is 0 Å².